The molecule has 0 aromatic carbocycles. The summed E-state index contributed by atoms with van der Waals surface area (Å²) < 4.78 is 7.05. The lowest BCUT2D eigenvalue weighted by Gasteiger charge is -2.04. The van der Waals surface area contributed by atoms with Crippen molar-refractivity contribution in [2.45, 2.75) is 40.7 Å². The highest BCUT2D eigenvalue weighted by atomic mass is 16.5. The van der Waals surface area contributed by atoms with E-state index < -0.39 is 0 Å². The van der Waals surface area contributed by atoms with Crippen molar-refractivity contribution in [1.29, 1.82) is 0 Å². The van der Waals surface area contributed by atoms with Crippen LogP contribution in [0.3, 0.4) is 0 Å². The van der Waals surface area contributed by atoms with Crippen LogP contribution in [0.1, 0.15) is 32.8 Å². The summed E-state index contributed by atoms with van der Waals surface area (Å²) in [6.07, 6.45) is 2.91. The van der Waals surface area contributed by atoms with Gasteiger partial charge < -0.3 is 4.74 Å². The highest BCUT2D eigenvalue weighted by Crippen LogP contribution is 2.15. The van der Waals surface area contributed by atoms with Crippen molar-refractivity contribution in [2.24, 2.45) is 0 Å². The van der Waals surface area contributed by atoms with E-state index >= 15 is 0 Å². The van der Waals surface area contributed by atoms with Gasteiger partial charge in [-0.05, 0) is 13.3 Å². The molecule has 1 heterocycles. The normalized spacial score (nSPS) is 9.00. The van der Waals surface area contributed by atoms with Gasteiger partial charge in [-0.1, -0.05) is 20.8 Å². The molecule has 76 valence electrons. The number of ether oxygens (including phenoxy) is 1. The van der Waals surface area contributed by atoms with Crippen molar-refractivity contribution in [1.82, 2.24) is 9.78 Å². The minimum atomic E-state index is 0.881. The van der Waals surface area contributed by atoms with Gasteiger partial charge in [-0.3, -0.25) is 0 Å². The molecule has 0 N–H and O–H groups in total. The first-order valence-electron chi connectivity index (χ1n) is 4.86. The fourth-order valence-electron chi connectivity index (χ4n) is 1.10. The van der Waals surface area contributed by atoms with Crippen LogP contribution in [0.5, 0.6) is 5.88 Å². The molecular weight excluding hydrogens is 164 g/mol. The molecule has 13 heavy (non-hydrogen) atoms. The van der Waals surface area contributed by atoms with Crippen LogP contribution in [0, 0.1) is 6.92 Å². The van der Waals surface area contributed by atoms with Crippen LogP contribution in [-0.4, -0.2) is 16.9 Å². The Morgan fingerprint density at radius 3 is 2.54 bits per heavy atom. The number of nitrogens with zero attached hydrogens (tertiary/aromatic N) is 2. The standard InChI is InChI=1S/C8H14N2O.C2H6/c1-4-5-10-8(11-3)7(2)6-9-10;1-2/h6H,4-5H2,1-3H3;1-2H3. The first-order chi connectivity index (χ1) is 6.29. The van der Waals surface area contributed by atoms with Crippen molar-refractivity contribution in [3.8, 4) is 5.88 Å². The number of hydrogen-bond donors (Lipinski definition) is 0. The largest absolute Gasteiger partial charge is 0.481 e. The summed E-state index contributed by atoms with van der Waals surface area (Å²) in [7, 11) is 1.68. The molecule has 1 rings (SSSR count). The molecule has 0 atom stereocenters. The van der Waals surface area contributed by atoms with Gasteiger partial charge in [-0.15, -0.1) is 0 Å². The number of aromatic nitrogens is 2. The number of aryl methyl sites for hydroxylation is 2. The zero-order valence-electron chi connectivity index (χ0n) is 9.29. The molecule has 1 aromatic rings. The first kappa shape index (κ1) is 12.0. The maximum Gasteiger partial charge on any atom is 0.214 e. The van der Waals surface area contributed by atoms with E-state index in [1.165, 1.54) is 0 Å². The van der Waals surface area contributed by atoms with E-state index in [2.05, 4.69) is 12.0 Å². The molecule has 3 nitrogen and oxygen atoms in total. The first-order valence-corrected chi connectivity index (χ1v) is 4.86. The van der Waals surface area contributed by atoms with Gasteiger partial charge in [0.25, 0.3) is 0 Å². The predicted molar refractivity (Wildman–Crippen MR) is 55.2 cm³/mol. The molecule has 1 aromatic heterocycles. The number of rotatable bonds is 3. The summed E-state index contributed by atoms with van der Waals surface area (Å²) in [5.74, 6) is 0.881. The monoisotopic (exact) mass is 184 g/mol. The van der Waals surface area contributed by atoms with Gasteiger partial charge in [0.1, 0.15) is 0 Å². The summed E-state index contributed by atoms with van der Waals surface area (Å²) >= 11 is 0. The molecule has 0 aliphatic carbocycles. The van der Waals surface area contributed by atoms with Crippen molar-refractivity contribution in [2.75, 3.05) is 7.11 Å². The maximum atomic E-state index is 5.17. The van der Waals surface area contributed by atoms with Crippen LogP contribution >= 0.6 is 0 Å². The molecule has 0 aliphatic heterocycles. The van der Waals surface area contributed by atoms with E-state index in [-0.39, 0.29) is 0 Å². The van der Waals surface area contributed by atoms with Crippen LogP contribution in [0.15, 0.2) is 6.20 Å². The Hall–Kier alpha value is -0.990. The van der Waals surface area contributed by atoms with E-state index in [4.69, 9.17) is 4.74 Å². The van der Waals surface area contributed by atoms with Gasteiger partial charge in [0.2, 0.25) is 5.88 Å². The van der Waals surface area contributed by atoms with E-state index in [0.717, 1.165) is 24.4 Å². The zero-order valence-corrected chi connectivity index (χ0v) is 9.29. The quantitative estimate of drug-likeness (QED) is 0.722. The van der Waals surface area contributed by atoms with Crippen LogP contribution < -0.4 is 4.74 Å². The average molecular weight is 184 g/mol. The minimum Gasteiger partial charge on any atom is -0.481 e. The van der Waals surface area contributed by atoms with Gasteiger partial charge in [0.15, 0.2) is 0 Å². The fraction of sp³-hybridized carbons (Fsp3) is 0.700. The molecule has 0 amide bonds. The molecule has 0 unspecified atom stereocenters. The smallest absolute Gasteiger partial charge is 0.214 e. The third-order valence-electron chi connectivity index (χ3n) is 1.59. The van der Waals surface area contributed by atoms with E-state index in [1.807, 2.05) is 31.6 Å². The van der Waals surface area contributed by atoms with Crippen LogP contribution in [0.2, 0.25) is 0 Å². The lowest BCUT2D eigenvalue weighted by molar-refractivity contribution is 0.356. The van der Waals surface area contributed by atoms with Crippen molar-refractivity contribution < 1.29 is 4.74 Å². The lowest BCUT2D eigenvalue weighted by atomic mass is 10.4. The van der Waals surface area contributed by atoms with Crippen molar-refractivity contribution in [3.63, 3.8) is 0 Å². The zero-order chi connectivity index (χ0) is 10.3. The van der Waals surface area contributed by atoms with Gasteiger partial charge in [0, 0.05) is 12.1 Å². The highest BCUT2D eigenvalue weighted by molar-refractivity contribution is 5.21. The Bertz CT molecular complexity index is 231. The molecule has 3 heteroatoms. The number of methoxy groups -OCH3 is 1. The Morgan fingerprint density at radius 1 is 1.46 bits per heavy atom. The van der Waals surface area contributed by atoms with Crippen molar-refractivity contribution >= 4 is 0 Å². The third-order valence-corrected chi connectivity index (χ3v) is 1.59. The lowest BCUT2D eigenvalue weighted by Crippen LogP contribution is -2.01. The Balaban J connectivity index is 0.000000671. The van der Waals surface area contributed by atoms with Crippen molar-refractivity contribution in [3.05, 3.63) is 11.8 Å². The molecular formula is C10H20N2O. The van der Waals surface area contributed by atoms with E-state index in [9.17, 15) is 0 Å². The van der Waals surface area contributed by atoms with Crippen LogP contribution in [0.4, 0.5) is 0 Å². The van der Waals surface area contributed by atoms with E-state index in [0.29, 0.717) is 0 Å². The van der Waals surface area contributed by atoms with Gasteiger partial charge in [-0.2, -0.15) is 5.10 Å². The predicted octanol–water partition coefficient (Wildman–Crippen LogP) is 2.64. The molecule has 0 aliphatic rings. The average Bonchev–Trinajstić information content (AvgIpc) is 2.51. The molecule has 0 fully saturated rings. The topological polar surface area (TPSA) is 27.1 Å². The third kappa shape index (κ3) is 3.09. The van der Waals surface area contributed by atoms with E-state index in [1.54, 1.807) is 7.11 Å². The molecule has 0 radical (unpaired) electrons. The van der Waals surface area contributed by atoms with Gasteiger partial charge in [-0.25, -0.2) is 4.68 Å². The Morgan fingerprint density at radius 2 is 2.08 bits per heavy atom. The Labute approximate surface area is 80.7 Å². The molecule has 0 spiro atoms. The summed E-state index contributed by atoms with van der Waals surface area (Å²) in [5.41, 5.74) is 1.10. The fourth-order valence-corrected chi connectivity index (χ4v) is 1.10. The molecule has 0 bridgehead atoms. The summed E-state index contributed by atoms with van der Waals surface area (Å²) in [4.78, 5) is 0. The second-order valence-corrected chi connectivity index (χ2v) is 2.56. The molecule has 0 saturated heterocycles. The van der Waals surface area contributed by atoms with Gasteiger partial charge in [0.05, 0.1) is 13.3 Å². The highest BCUT2D eigenvalue weighted by Gasteiger charge is 2.04. The second-order valence-electron chi connectivity index (χ2n) is 2.56. The maximum absolute atomic E-state index is 5.17. The van der Waals surface area contributed by atoms with Crippen LogP contribution in [0.25, 0.3) is 0 Å². The molecule has 0 saturated carbocycles. The second kappa shape index (κ2) is 6.52. The summed E-state index contributed by atoms with van der Waals surface area (Å²) in [5, 5.41) is 4.17. The SMILES string of the molecule is CC.CCCn1ncc(C)c1OC. The number of hydrogen-bond acceptors (Lipinski definition) is 2. The van der Waals surface area contributed by atoms with Crippen LogP contribution in [-0.2, 0) is 6.54 Å². The minimum absolute atomic E-state index is 0.881. The van der Waals surface area contributed by atoms with Gasteiger partial charge >= 0.3 is 0 Å². The Kier molecular flexibility index (Phi) is 6.02. The summed E-state index contributed by atoms with van der Waals surface area (Å²) in [6, 6.07) is 0. The summed E-state index contributed by atoms with van der Waals surface area (Å²) in [6.45, 7) is 9.05.